The summed E-state index contributed by atoms with van der Waals surface area (Å²) >= 11 is 6.22. The summed E-state index contributed by atoms with van der Waals surface area (Å²) in [4.78, 5) is 4.27. The lowest BCUT2D eigenvalue weighted by atomic mass is 10.2. The van der Waals surface area contributed by atoms with Crippen LogP contribution in [-0.4, -0.2) is 49.9 Å². The normalized spacial score (nSPS) is 18.4. The van der Waals surface area contributed by atoms with E-state index in [0.717, 1.165) is 24.8 Å². The lowest BCUT2D eigenvalue weighted by Crippen LogP contribution is -2.36. The topological polar surface area (TPSA) is 88.3 Å². The fourth-order valence-corrected chi connectivity index (χ4v) is 5.09. The van der Waals surface area contributed by atoms with Gasteiger partial charge < -0.3 is 11.1 Å². The summed E-state index contributed by atoms with van der Waals surface area (Å²) in [5, 5.41) is 4.97. The molecule has 1 aliphatic heterocycles. The SMILES string of the molecule is Cl.NCCCN[C@@H]1CCN(S(=O)(=O)c2cccc3cncc(Cl)c23)C1. The molecule has 1 saturated heterocycles. The van der Waals surface area contributed by atoms with Crippen LogP contribution in [0.15, 0.2) is 35.5 Å². The minimum atomic E-state index is -3.59. The second-order valence-corrected chi connectivity index (χ2v) is 8.23. The highest BCUT2D eigenvalue weighted by molar-refractivity contribution is 7.89. The van der Waals surface area contributed by atoms with Crippen LogP contribution in [0.5, 0.6) is 0 Å². The van der Waals surface area contributed by atoms with E-state index in [9.17, 15) is 8.42 Å². The molecule has 0 amide bonds. The van der Waals surface area contributed by atoms with Crippen LogP contribution in [0.3, 0.4) is 0 Å². The lowest BCUT2D eigenvalue weighted by Gasteiger charge is -2.18. The summed E-state index contributed by atoms with van der Waals surface area (Å²) in [6.07, 6.45) is 4.78. The molecule has 2 aromatic rings. The summed E-state index contributed by atoms with van der Waals surface area (Å²) in [7, 11) is -3.59. The van der Waals surface area contributed by atoms with Crippen molar-refractivity contribution in [2.24, 2.45) is 5.73 Å². The molecule has 3 N–H and O–H groups in total. The Morgan fingerprint density at radius 3 is 2.92 bits per heavy atom. The van der Waals surface area contributed by atoms with Crippen molar-refractivity contribution < 1.29 is 8.42 Å². The van der Waals surface area contributed by atoms with E-state index in [1.807, 2.05) is 6.07 Å². The monoisotopic (exact) mass is 404 g/mol. The van der Waals surface area contributed by atoms with Gasteiger partial charge in [0.05, 0.1) is 9.92 Å². The van der Waals surface area contributed by atoms with Crippen molar-refractivity contribution in [3.05, 3.63) is 35.6 Å². The summed E-state index contributed by atoms with van der Waals surface area (Å²) in [5.41, 5.74) is 5.49. The molecule has 1 fully saturated rings. The van der Waals surface area contributed by atoms with Crippen LogP contribution in [0.25, 0.3) is 10.8 Å². The van der Waals surface area contributed by atoms with Gasteiger partial charge in [-0.3, -0.25) is 4.98 Å². The van der Waals surface area contributed by atoms with Crippen LogP contribution in [-0.2, 0) is 10.0 Å². The first-order valence-corrected chi connectivity index (χ1v) is 9.81. The van der Waals surface area contributed by atoms with Gasteiger partial charge in [-0.25, -0.2) is 8.42 Å². The third-order valence-electron chi connectivity index (χ3n) is 4.28. The van der Waals surface area contributed by atoms with Gasteiger partial charge in [0.1, 0.15) is 0 Å². The number of hydrogen-bond acceptors (Lipinski definition) is 5. The van der Waals surface area contributed by atoms with Crippen molar-refractivity contribution in [1.82, 2.24) is 14.6 Å². The first-order valence-electron chi connectivity index (χ1n) is 8.00. The summed E-state index contributed by atoms with van der Waals surface area (Å²) in [6, 6.07) is 5.31. The molecule has 0 bridgehead atoms. The largest absolute Gasteiger partial charge is 0.330 e. The van der Waals surface area contributed by atoms with Crippen molar-refractivity contribution in [2.75, 3.05) is 26.2 Å². The second-order valence-electron chi connectivity index (χ2n) is 5.92. The number of nitrogens with one attached hydrogen (secondary N) is 1. The molecule has 1 aromatic heterocycles. The molecule has 6 nitrogen and oxygen atoms in total. The van der Waals surface area contributed by atoms with Gasteiger partial charge in [0.2, 0.25) is 10.0 Å². The number of fused-ring (bicyclic) bond motifs is 1. The van der Waals surface area contributed by atoms with E-state index in [1.54, 1.807) is 18.3 Å². The molecule has 0 unspecified atom stereocenters. The van der Waals surface area contributed by atoms with E-state index >= 15 is 0 Å². The third-order valence-corrected chi connectivity index (χ3v) is 6.48. The maximum Gasteiger partial charge on any atom is 0.243 e. The van der Waals surface area contributed by atoms with E-state index < -0.39 is 10.0 Å². The molecule has 2 heterocycles. The fraction of sp³-hybridized carbons (Fsp3) is 0.438. The van der Waals surface area contributed by atoms with Gasteiger partial charge in [0.25, 0.3) is 0 Å². The number of halogens is 2. The van der Waals surface area contributed by atoms with Crippen LogP contribution in [0.4, 0.5) is 0 Å². The Bertz CT molecular complexity index is 827. The zero-order valence-corrected chi connectivity index (χ0v) is 16.1. The van der Waals surface area contributed by atoms with Crippen molar-refractivity contribution in [1.29, 1.82) is 0 Å². The highest BCUT2D eigenvalue weighted by atomic mass is 35.5. The summed E-state index contributed by atoms with van der Waals surface area (Å²) in [5.74, 6) is 0. The molecule has 0 spiro atoms. The Kier molecular flexibility index (Phi) is 7.01. The zero-order chi connectivity index (χ0) is 17.2. The summed E-state index contributed by atoms with van der Waals surface area (Å²) < 4.78 is 27.7. The van der Waals surface area contributed by atoms with Crippen LogP contribution in [0, 0.1) is 0 Å². The molecule has 9 heteroatoms. The number of nitrogens with two attached hydrogens (primary N) is 1. The van der Waals surface area contributed by atoms with E-state index in [1.165, 1.54) is 10.5 Å². The molecule has 25 heavy (non-hydrogen) atoms. The number of pyridine rings is 1. The maximum absolute atomic E-state index is 13.1. The number of benzene rings is 1. The Hall–Kier alpha value is -0.960. The molecule has 0 aliphatic carbocycles. The first-order chi connectivity index (χ1) is 11.5. The first kappa shape index (κ1) is 20.4. The molecular weight excluding hydrogens is 383 g/mol. The second kappa shape index (κ2) is 8.62. The molecule has 0 radical (unpaired) electrons. The van der Waals surface area contributed by atoms with Gasteiger partial charge in [0, 0.05) is 42.3 Å². The summed E-state index contributed by atoms with van der Waals surface area (Å²) in [6.45, 7) is 2.40. The molecular formula is C16H22Cl2N4O2S. The smallest absolute Gasteiger partial charge is 0.243 e. The number of sulfonamides is 1. The van der Waals surface area contributed by atoms with Crippen molar-refractivity contribution in [3.63, 3.8) is 0 Å². The Morgan fingerprint density at radius 2 is 2.16 bits per heavy atom. The maximum atomic E-state index is 13.1. The Morgan fingerprint density at radius 1 is 1.36 bits per heavy atom. The van der Waals surface area contributed by atoms with Crippen molar-refractivity contribution >= 4 is 44.8 Å². The predicted molar refractivity (Wildman–Crippen MR) is 103 cm³/mol. The van der Waals surface area contributed by atoms with E-state index in [-0.39, 0.29) is 23.3 Å². The average molecular weight is 405 g/mol. The third kappa shape index (κ3) is 4.24. The minimum Gasteiger partial charge on any atom is -0.330 e. The number of aromatic nitrogens is 1. The molecule has 0 saturated carbocycles. The molecule has 3 rings (SSSR count). The fourth-order valence-electron chi connectivity index (χ4n) is 3.03. The van der Waals surface area contributed by atoms with Gasteiger partial charge in [-0.05, 0) is 32.0 Å². The van der Waals surface area contributed by atoms with Gasteiger partial charge in [-0.1, -0.05) is 23.7 Å². The highest BCUT2D eigenvalue weighted by Gasteiger charge is 2.33. The molecule has 138 valence electrons. The predicted octanol–water partition coefficient (Wildman–Crippen LogP) is 2.01. The van der Waals surface area contributed by atoms with Crippen LogP contribution < -0.4 is 11.1 Å². The minimum absolute atomic E-state index is 0. The van der Waals surface area contributed by atoms with Crippen LogP contribution in [0.1, 0.15) is 12.8 Å². The Labute approximate surface area is 159 Å². The highest BCUT2D eigenvalue weighted by Crippen LogP contribution is 2.31. The van der Waals surface area contributed by atoms with Gasteiger partial charge in [-0.2, -0.15) is 4.31 Å². The standard InChI is InChI=1S/C16H21ClN4O2S.ClH/c17-14-10-19-9-12-3-1-4-15(16(12)14)24(22,23)21-8-5-13(11-21)20-7-2-6-18;/h1,3-4,9-10,13,20H,2,5-8,11,18H2;1H/t13-;/m1./s1. The van der Waals surface area contributed by atoms with E-state index in [2.05, 4.69) is 10.3 Å². The van der Waals surface area contributed by atoms with Gasteiger partial charge in [0.15, 0.2) is 0 Å². The quantitative estimate of drug-likeness (QED) is 0.718. The van der Waals surface area contributed by atoms with Crippen molar-refractivity contribution in [3.8, 4) is 0 Å². The molecule has 1 aromatic carbocycles. The van der Waals surface area contributed by atoms with Crippen LogP contribution >= 0.6 is 24.0 Å². The number of nitrogens with zero attached hydrogens (tertiary/aromatic N) is 2. The van der Waals surface area contributed by atoms with E-state index in [0.29, 0.717) is 30.0 Å². The lowest BCUT2D eigenvalue weighted by molar-refractivity contribution is 0.456. The van der Waals surface area contributed by atoms with Crippen LogP contribution in [0.2, 0.25) is 5.02 Å². The molecule has 1 aliphatic rings. The average Bonchev–Trinajstić information content (AvgIpc) is 3.05. The number of rotatable bonds is 6. The van der Waals surface area contributed by atoms with Gasteiger partial charge >= 0.3 is 0 Å². The van der Waals surface area contributed by atoms with Crippen molar-refractivity contribution in [2.45, 2.75) is 23.8 Å². The van der Waals surface area contributed by atoms with Gasteiger partial charge in [-0.15, -0.1) is 12.4 Å². The zero-order valence-electron chi connectivity index (χ0n) is 13.7. The van der Waals surface area contributed by atoms with E-state index in [4.69, 9.17) is 17.3 Å². The molecule has 1 atom stereocenters. The Balaban J connectivity index is 0.00000225. The number of hydrogen-bond donors (Lipinski definition) is 2.